The molecule has 0 radical (unpaired) electrons. The van der Waals surface area contributed by atoms with Gasteiger partial charge in [-0.15, -0.1) is 0 Å². The topological polar surface area (TPSA) is 61.3 Å². The van der Waals surface area contributed by atoms with E-state index in [9.17, 15) is 4.39 Å². The van der Waals surface area contributed by atoms with Crippen molar-refractivity contribution in [3.63, 3.8) is 0 Å². The SMILES string of the molecule is COCCC(N)c1nc2ccc(F)cc2o1. The monoisotopic (exact) mass is 224 g/mol. The number of hydrogen-bond donors (Lipinski definition) is 1. The summed E-state index contributed by atoms with van der Waals surface area (Å²) in [5.41, 5.74) is 6.89. The Morgan fingerprint density at radius 1 is 1.56 bits per heavy atom. The van der Waals surface area contributed by atoms with Crippen molar-refractivity contribution < 1.29 is 13.5 Å². The fraction of sp³-hybridized carbons (Fsp3) is 0.364. The highest BCUT2D eigenvalue weighted by Gasteiger charge is 2.13. The Morgan fingerprint density at radius 2 is 2.38 bits per heavy atom. The second-order valence-electron chi connectivity index (χ2n) is 3.55. The minimum Gasteiger partial charge on any atom is -0.439 e. The summed E-state index contributed by atoms with van der Waals surface area (Å²) >= 11 is 0. The van der Waals surface area contributed by atoms with E-state index >= 15 is 0 Å². The molecule has 1 unspecified atom stereocenters. The average Bonchev–Trinajstić information content (AvgIpc) is 2.68. The highest BCUT2D eigenvalue weighted by Crippen LogP contribution is 2.21. The lowest BCUT2D eigenvalue weighted by Gasteiger charge is -2.05. The second kappa shape index (κ2) is 4.59. The summed E-state index contributed by atoms with van der Waals surface area (Å²) in [6, 6.07) is 3.89. The lowest BCUT2D eigenvalue weighted by Crippen LogP contribution is -2.12. The Labute approximate surface area is 92.2 Å². The van der Waals surface area contributed by atoms with Crippen LogP contribution in [0.3, 0.4) is 0 Å². The van der Waals surface area contributed by atoms with Crippen LogP contribution in [0, 0.1) is 5.82 Å². The van der Waals surface area contributed by atoms with Crippen molar-refractivity contribution >= 4 is 11.1 Å². The molecule has 1 heterocycles. The third-order valence-corrected chi connectivity index (χ3v) is 2.32. The molecule has 5 heteroatoms. The Bertz CT molecular complexity index is 484. The number of methoxy groups -OCH3 is 1. The van der Waals surface area contributed by atoms with Gasteiger partial charge in [-0.2, -0.15) is 0 Å². The van der Waals surface area contributed by atoms with Gasteiger partial charge in [0.1, 0.15) is 11.3 Å². The zero-order valence-corrected chi connectivity index (χ0v) is 8.94. The molecule has 2 rings (SSSR count). The van der Waals surface area contributed by atoms with Gasteiger partial charge in [0.25, 0.3) is 0 Å². The van der Waals surface area contributed by atoms with Crippen molar-refractivity contribution in [3.8, 4) is 0 Å². The van der Waals surface area contributed by atoms with Crippen molar-refractivity contribution in [1.29, 1.82) is 0 Å². The number of halogens is 1. The summed E-state index contributed by atoms with van der Waals surface area (Å²) in [7, 11) is 1.61. The average molecular weight is 224 g/mol. The minimum absolute atomic E-state index is 0.324. The molecule has 0 aliphatic rings. The van der Waals surface area contributed by atoms with E-state index in [1.165, 1.54) is 12.1 Å². The lowest BCUT2D eigenvalue weighted by molar-refractivity contribution is 0.184. The first-order chi connectivity index (χ1) is 7.70. The molecule has 2 aromatic rings. The lowest BCUT2D eigenvalue weighted by atomic mass is 10.2. The Morgan fingerprint density at radius 3 is 3.12 bits per heavy atom. The fourth-order valence-corrected chi connectivity index (χ4v) is 1.44. The van der Waals surface area contributed by atoms with Gasteiger partial charge in [0.2, 0.25) is 5.89 Å². The minimum atomic E-state index is -0.347. The Balaban J connectivity index is 2.25. The van der Waals surface area contributed by atoms with E-state index in [1.807, 2.05) is 0 Å². The first-order valence-electron chi connectivity index (χ1n) is 5.01. The van der Waals surface area contributed by atoms with Crippen LogP contribution in [0.5, 0.6) is 0 Å². The van der Waals surface area contributed by atoms with Crippen LogP contribution in [0.15, 0.2) is 22.6 Å². The van der Waals surface area contributed by atoms with Gasteiger partial charge in [-0.1, -0.05) is 0 Å². The highest BCUT2D eigenvalue weighted by atomic mass is 19.1. The van der Waals surface area contributed by atoms with Crippen LogP contribution in [0.1, 0.15) is 18.4 Å². The van der Waals surface area contributed by atoms with Gasteiger partial charge in [0, 0.05) is 19.8 Å². The quantitative estimate of drug-likeness (QED) is 0.862. The van der Waals surface area contributed by atoms with Gasteiger partial charge in [-0.3, -0.25) is 0 Å². The third-order valence-electron chi connectivity index (χ3n) is 2.32. The first kappa shape index (κ1) is 11.0. The zero-order chi connectivity index (χ0) is 11.5. The normalized spacial score (nSPS) is 13.2. The molecule has 1 atom stereocenters. The number of nitrogens with zero attached hydrogens (tertiary/aromatic N) is 1. The zero-order valence-electron chi connectivity index (χ0n) is 8.94. The van der Waals surface area contributed by atoms with E-state index in [2.05, 4.69) is 4.98 Å². The van der Waals surface area contributed by atoms with Gasteiger partial charge in [0.05, 0.1) is 6.04 Å². The van der Waals surface area contributed by atoms with Crippen molar-refractivity contribution in [2.75, 3.05) is 13.7 Å². The molecule has 0 fully saturated rings. The summed E-state index contributed by atoms with van der Waals surface area (Å²) in [6.45, 7) is 0.536. The largest absolute Gasteiger partial charge is 0.439 e. The molecule has 0 bridgehead atoms. The number of hydrogen-bond acceptors (Lipinski definition) is 4. The number of nitrogens with two attached hydrogens (primary N) is 1. The summed E-state index contributed by atoms with van der Waals surface area (Å²) in [4.78, 5) is 4.19. The molecule has 1 aromatic carbocycles. The molecular weight excluding hydrogens is 211 g/mol. The first-order valence-corrected chi connectivity index (χ1v) is 5.01. The summed E-state index contributed by atoms with van der Waals surface area (Å²) in [5, 5.41) is 0. The maximum Gasteiger partial charge on any atom is 0.212 e. The predicted octanol–water partition coefficient (Wildman–Crippen LogP) is 2.00. The van der Waals surface area contributed by atoms with Crippen LogP contribution in [-0.4, -0.2) is 18.7 Å². The van der Waals surface area contributed by atoms with E-state index in [0.717, 1.165) is 0 Å². The molecule has 0 amide bonds. The van der Waals surface area contributed by atoms with Crippen LogP contribution in [-0.2, 0) is 4.74 Å². The van der Waals surface area contributed by atoms with Gasteiger partial charge in [0.15, 0.2) is 5.58 Å². The van der Waals surface area contributed by atoms with E-state index < -0.39 is 0 Å². The molecule has 4 nitrogen and oxygen atoms in total. The number of benzene rings is 1. The molecule has 0 saturated heterocycles. The summed E-state index contributed by atoms with van der Waals surface area (Å²) < 4.78 is 23.2. The number of ether oxygens (including phenoxy) is 1. The molecule has 1 aromatic heterocycles. The molecular formula is C11H13FN2O2. The second-order valence-corrected chi connectivity index (χ2v) is 3.55. The van der Waals surface area contributed by atoms with Crippen molar-refractivity contribution in [3.05, 3.63) is 29.9 Å². The van der Waals surface area contributed by atoms with E-state index in [-0.39, 0.29) is 11.9 Å². The Kier molecular flexibility index (Phi) is 3.17. The molecule has 0 spiro atoms. The fourth-order valence-electron chi connectivity index (χ4n) is 1.44. The van der Waals surface area contributed by atoms with Crippen LogP contribution in [0.2, 0.25) is 0 Å². The van der Waals surface area contributed by atoms with Crippen LogP contribution >= 0.6 is 0 Å². The van der Waals surface area contributed by atoms with Crippen LogP contribution in [0.25, 0.3) is 11.1 Å². The third kappa shape index (κ3) is 2.20. The highest BCUT2D eigenvalue weighted by molar-refractivity contribution is 5.72. The van der Waals surface area contributed by atoms with E-state index in [1.54, 1.807) is 13.2 Å². The molecule has 0 saturated carbocycles. The molecule has 16 heavy (non-hydrogen) atoms. The predicted molar refractivity (Wildman–Crippen MR) is 57.4 cm³/mol. The number of aromatic nitrogens is 1. The van der Waals surface area contributed by atoms with E-state index in [0.29, 0.717) is 30.0 Å². The van der Waals surface area contributed by atoms with Gasteiger partial charge >= 0.3 is 0 Å². The van der Waals surface area contributed by atoms with Crippen LogP contribution in [0.4, 0.5) is 4.39 Å². The molecule has 86 valence electrons. The smallest absolute Gasteiger partial charge is 0.212 e. The van der Waals surface area contributed by atoms with Gasteiger partial charge in [-0.25, -0.2) is 9.37 Å². The number of fused-ring (bicyclic) bond motifs is 1. The maximum absolute atomic E-state index is 12.9. The summed E-state index contributed by atoms with van der Waals surface area (Å²) in [5.74, 6) is 0.0679. The maximum atomic E-state index is 12.9. The number of rotatable bonds is 4. The molecule has 0 aliphatic carbocycles. The standard InChI is InChI=1S/C11H13FN2O2/c1-15-5-4-8(13)11-14-9-3-2-7(12)6-10(9)16-11/h2-3,6,8H,4-5,13H2,1H3. The van der Waals surface area contributed by atoms with Crippen molar-refractivity contribution in [2.45, 2.75) is 12.5 Å². The summed E-state index contributed by atoms with van der Waals surface area (Å²) in [6.07, 6.45) is 0.617. The van der Waals surface area contributed by atoms with E-state index in [4.69, 9.17) is 14.9 Å². The van der Waals surface area contributed by atoms with Crippen LogP contribution < -0.4 is 5.73 Å². The molecule has 2 N–H and O–H groups in total. The van der Waals surface area contributed by atoms with Gasteiger partial charge < -0.3 is 14.9 Å². The molecule has 0 aliphatic heterocycles. The Hall–Kier alpha value is -1.46. The van der Waals surface area contributed by atoms with Crippen molar-refractivity contribution in [2.24, 2.45) is 5.73 Å². The number of oxazole rings is 1. The van der Waals surface area contributed by atoms with Gasteiger partial charge in [-0.05, 0) is 18.6 Å². The van der Waals surface area contributed by atoms with Crippen molar-refractivity contribution in [1.82, 2.24) is 4.98 Å².